The van der Waals surface area contributed by atoms with E-state index in [1.54, 1.807) is 14.2 Å². The van der Waals surface area contributed by atoms with Crippen molar-refractivity contribution in [1.82, 2.24) is 0 Å². The fourth-order valence-corrected chi connectivity index (χ4v) is 3.47. The minimum absolute atomic E-state index is 0.00977. The average molecular weight is 343 g/mol. The van der Waals surface area contributed by atoms with Crippen molar-refractivity contribution in [3.63, 3.8) is 0 Å². The first-order valence-electron chi connectivity index (χ1n) is 6.62. The second kappa shape index (κ2) is 6.04. The first-order chi connectivity index (χ1) is 9.49. The highest BCUT2D eigenvalue weighted by atomic mass is 79.9. The molecule has 1 atom stereocenters. The van der Waals surface area contributed by atoms with Crippen LogP contribution in [0.15, 0.2) is 10.5 Å². The highest BCUT2D eigenvalue weighted by Gasteiger charge is 2.37. The second-order valence-corrected chi connectivity index (χ2v) is 6.05. The lowest BCUT2D eigenvalue weighted by Gasteiger charge is -2.23. The van der Waals surface area contributed by atoms with Crippen LogP contribution in [0.5, 0.6) is 11.5 Å². The van der Waals surface area contributed by atoms with E-state index in [9.17, 15) is 9.90 Å². The summed E-state index contributed by atoms with van der Waals surface area (Å²) in [5.41, 5.74) is 2.00. The quantitative estimate of drug-likeness (QED) is 0.855. The van der Waals surface area contributed by atoms with Gasteiger partial charge >= 0.3 is 5.97 Å². The molecule has 1 aromatic carbocycles. The maximum absolute atomic E-state index is 11.2. The van der Waals surface area contributed by atoms with Crippen LogP contribution >= 0.6 is 15.9 Å². The Morgan fingerprint density at radius 1 is 1.40 bits per heavy atom. The monoisotopic (exact) mass is 342 g/mol. The number of hydrogen-bond donors (Lipinski definition) is 1. The van der Waals surface area contributed by atoms with Crippen molar-refractivity contribution in [2.75, 3.05) is 14.2 Å². The van der Waals surface area contributed by atoms with Crippen LogP contribution in [0.25, 0.3) is 0 Å². The summed E-state index contributed by atoms with van der Waals surface area (Å²) in [5, 5.41) is 9.18. The predicted molar refractivity (Wildman–Crippen MR) is 79.7 cm³/mol. The van der Waals surface area contributed by atoms with E-state index in [-0.39, 0.29) is 12.3 Å². The van der Waals surface area contributed by atoms with Crippen molar-refractivity contribution < 1.29 is 19.4 Å². The molecule has 1 aromatic rings. The molecule has 5 heteroatoms. The van der Waals surface area contributed by atoms with Crippen LogP contribution in [0.1, 0.15) is 36.3 Å². The van der Waals surface area contributed by atoms with Gasteiger partial charge < -0.3 is 14.6 Å². The summed E-state index contributed by atoms with van der Waals surface area (Å²) in [5.74, 6) is 0.931. The number of aryl methyl sites for hydroxylation is 1. The van der Waals surface area contributed by atoms with E-state index >= 15 is 0 Å². The Kier molecular flexibility index (Phi) is 4.58. The maximum Gasteiger partial charge on any atom is 0.303 e. The summed E-state index contributed by atoms with van der Waals surface area (Å²) >= 11 is 3.46. The minimum Gasteiger partial charge on any atom is -0.493 e. The van der Waals surface area contributed by atoms with Gasteiger partial charge in [0.2, 0.25) is 0 Å². The molecule has 0 saturated heterocycles. The first-order valence-corrected chi connectivity index (χ1v) is 7.41. The Morgan fingerprint density at radius 2 is 2.00 bits per heavy atom. The summed E-state index contributed by atoms with van der Waals surface area (Å²) in [6.07, 6.45) is 2.30. The predicted octanol–water partition coefficient (Wildman–Crippen LogP) is 3.74. The Balaban J connectivity index is 2.55. The van der Waals surface area contributed by atoms with Crippen molar-refractivity contribution in [3.05, 3.63) is 21.7 Å². The van der Waals surface area contributed by atoms with Crippen molar-refractivity contribution >= 4 is 21.9 Å². The molecule has 4 nitrogen and oxygen atoms in total. The van der Waals surface area contributed by atoms with Gasteiger partial charge in [-0.15, -0.1) is 0 Å². The third kappa shape index (κ3) is 2.92. The molecule has 2 rings (SSSR count). The number of rotatable bonds is 6. The Bertz CT molecular complexity index is 523. The number of carboxylic acids is 1. The van der Waals surface area contributed by atoms with E-state index < -0.39 is 5.97 Å². The zero-order chi connectivity index (χ0) is 14.9. The van der Waals surface area contributed by atoms with Gasteiger partial charge in [-0.05, 0) is 53.2 Å². The molecule has 1 aliphatic rings. The molecule has 0 heterocycles. The zero-order valence-electron chi connectivity index (χ0n) is 11.9. The van der Waals surface area contributed by atoms with E-state index in [4.69, 9.17) is 9.47 Å². The largest absolute Gasteiger partial charge is 0.493 e. The van der Waals surface area contributed by atoms with E-state index in [2.05, 4.69) is 15.9 Å². The number of aliphatic carboxylic acids is 1. The van der Waals surface area contributed by atoms with E-state index in [1.165, 1.54) is 0 Å². The van der Waals surface area contributed by atoms with Gasteiger partial charge in [-0.3, -0.25) is 4.79 Å². The van der Waals surface area contributed by atoms with Crippen LogP contribution in [0.4, 0.5) is 0 Å². The van der Waals surface area contributed by atoms with Gasteiger partial charge in [-0.25, -0.2) is 0 Å². The highest BCUT2D eigenvalue weighted by molar-refractivity contribution is 9.10. The smallest absolute Gasteiger partial charge is 0.303 e. The molecule has 0 bridgehead atoms. The fourth-order valence-electron chi connectivity index (χ4n) is 2.79. The molecule has 1 unspecified atom stereocenters. The summed E-state index contributed by atoms with van der Waals surface area (Å²) in [6, 6.07) is 1.97. The number of benzene rings is 1. The second-order valence-electron chi connectivity index (χ2n) is 5.20. The molecule has 0 aliphatic heterocycles. The van der Waals surface area contributed by atoms with Crippen LogP contribution in [0.2, 0.25) is 0 Å². The van der Waals surface area contributed by atoms with Crippen LogP contribution in [0.3, 0.4) is 0 Å². The van der Waals surface area contributed by atoms with Crippen LogP contribution in [0, 0.1) is 12.8 Å². The van der Waals surface area contributed by atoms with Gasteiger partial charge in [0.05, 0.1) is 25.1 Å². The van der Waals surface area contributed by atoms with Gasteiger partial charge in [0, 0.05) is 11.5 Å². The third-order valence-corrected chi connectivity index (χ3v) is 4.39. The Morgan fingerprint density at radius 3 is 2.45 bits per heavy atom. The zero-order valence-corrected chi connectivity index (χ0v) is 13.5. The summed E-state index contributed by atoms with van der Waals surface area (Å²) in [6.45, 7) is 1.99. The number of carboxylic acid groups (broad SMARTS) is 1. The van der Waals surface area contributed by atoms with Gasteiger partial charge in [0.25, 0.3) is 0 Å². The fraction of sp³-hybridized carbons (Fsp3) is 0.533. The van der Waals surface area contributed by atoms with E-state index in [0.717, 1.165) is 28.4 Å². The summed E-state index contributed by atoms with van der Waals surface area (Å²) < 4.78 is 11.7. The molecule has 1 fully saturated rings. The van der Waals surface area contributed by atoms with Crippen molar-refractivity contribution in [2.24, 2.45) is 5.92 Å². The highest BCUT2D eigenvalue weighted by Crippen LogP contribution is 2.51. The molecule has 1 N–H and O–H groups in total. The SMILES string of the molecule is COc1c(Br)cc(C)c(C(CC(=O)O)C2CC2)c1OC. The lowest BCUT2D eigenvalue weighted by atomic mass is 9.87. The normalized spacial score (nSPS) is 15.8. The van der Waals surface area contributed by atoms with Gasteiger partial charge in [0.15, 0.2) is 11.5 Å². The van der Waals surface area contributed by atoms with Crippen molar-refractivity contribution in [3.8, 4) is 11.5 Å². The number of halogens is 1. The molecule has 0 amide bonds. The van der Waals surface area contributed by atoms with Crippen molar-refractivity contribution in [1.29, 1.82) is 0 Å². The molecule has 0 radical (unpaired) electrons. The molecule has 110 valence electrons. The summed E-state index contributed by atoms with van der Waals surface area (Å²) in [4.78, 5) is 11.2. The topological polar surface area (TPSA) is 55.8 Å². The molecule has 1 aliphatic carbocycles. The molecular weight excluding hydrogens is 324 g/mol. The van der Waals surface area contributed by atoms with E-state index in [0.29, 0.717) is 17.4 Å². The standard InChI is InChI=1S/C15H19BrO4/c1-8-6-11(16)14(19-2)15(20-3)13(8)10(7-12(17)18)9-4-5-9/h6,9-10H,4-5,7H2,1-3H3,(H,17,18). The molecule has 0 spiro atoms. The van der Waals surface area contributed by atoms with Gasteiger partial charge in [0.1, 0.15) is 0 Å². The minimum atomic E-state index is -0.773. The van der Waals surface area contributed by atoms with Gasteiger partial charge in [-0.1, -0.05) is 0 Å². The molecule has 1 saturated carbocycles. The van der Waals surface area contributed by atoms with Crippen LogP contribution in [-0.2, 0) is 4.79 Å². The number of ether oxygens (including phenoxy) is 2. The molecular formula is C15H19BrO4. The lowest BCUT2D eigenvalue weighted by molar-refractivity contribution is -0.137. The van der Waals surface area contributed by atoms with Gasteiger partial charge in [-0.2, -0.15) is 0 Å². The third-order valence-electron chi connectivity index (χ3n) is 3.80. The van der Waals surface area contributed by atoms with Crippen LogP contribution in [-0.4, -0.2) is 25.3 Å². The number of hydrogen-bond acceptors (Lipinski definition) is 3. The first kappa shape index (κ1) is 15.2. The van der Waals surface area contributed by atoms with E-state index in [1.807, 2.05) is 13.0 Å². The molecule has 20 heavy (non-hydrogen) atoms. The Labute approximate surface area is 127 Å². The average Bonchev–Trinajstić information content (AvgIpc) is 3.19. The Hall–Kier alpha value is -1.23. The number of carbonyl (C=O) groups is 1. The van der Waals surface area contributed by atoms with Crippen molar-refractivity contribution in [2.45, 2.75) is 32.1 Å². The van der Waals surface area contributed by atoms with Crippen LogP contribution < -0.4 is 9.47 Å². The lowest BCUT2D eigenvalue weighted by Crippen LogP contribution is -2.12. The summed E-state index contributed by atoms with van der Waals surface area (Å²) in [7, 11) is 3.18. The maximum atomic E-state index is 11.2. The number of methoxy groups -OCH3 is 2. The molecule has 0 aromatic heterocycles.